The molecule has 0 unspecified atom stereocenters. The van der Waals surface area contributed by atoms with Crippen LogP contribution in [0.3, 0.4) is 0 Å². The molecular formula is C13H16BrNO4. The zero-order chi connectivity index (χ0) is 14.3. The van der Waals surface area contributed by atoms with Gasteiger partial charge in [-0.25, -0.2) is 0 Å². The zero-order valence-electron chi connectivity index (χ0n) is 10.9. The molecule has 0 amide bonds. The highest BCUT2D eigenvalue weighted by Crippen LogP contribution is 2.16. The van der Waals surface area contributed by atoms with E-state index in [0.29, 0.717) is 0 Å². The van der Waals surface area contributed by atoms with Crippen molar-refractivity contribution in [3.63, 3.8) is 0 Å². The first-order valence-corrected chi connectivity index (χ1v) is 6.80. The van der Waals surface area contributed by atoms with Gasteiger partial charge >= 0.3 is 11.9 Å². The van der Waals surface area contributed by atoms with Gasteiger partial charge in [0.15, 0.2) is 5.92 Å². The third-order valence-electron chi connectivity index (χ3n) is 2.34. The Hall–Kier alpha value is -1.43. The summed E-state index contributed by atoms with van der Waals surface area (Å²) in [7, 11) is 0. The summed E-state index contributed by atoms with van der Waals surface area (Å²) in [6.07, 6.45) is 3.45. The molecule has 0 atom stereocenters. The highest BCUT2D eigenvalue weighted by Gasteiger charge is 2.29. The number of carbonyl (C=O) groups excluding carboxylic acids is 2. The Balaban J connectivity index is 2.84. The minimum absolute atomic E-state index is 0.212. The lowest BCUT2D eigenvalue weighted by Crippen LogP contribution is -2.30. The molecule has 0 spiro atoms. The Bertz CT molecular complexity index is 432. The van der Waals surface area contributed by atoms with Crippen LogP contribution in [0.2, 0.25) is 0 Å². The molecule has 0 aliphatic carbocycles. The fourth-order valence-corrected chi connectivity index (χ4v) is 1.96. The van der Waals surface area contributed by atoms with Gasteiger partial charge in [0.25, 0.3) is 0 Å². The molecule has 0 radical (unpaired) electrons. The Morgan fingerprint density at radius 3 is 2.26 bits per heavy atom. The molecular weight excluding hydrogens is 314 g/mol. The van der Waals surface area contributed by atoms with Crippen molar-refractivity contribution in [2.24, 2.45) is 5.92 Å². The van der Waals surface area contributed by atoms with Crippen LogP contribution in [0, 0.1) is 5.92 Å². The SMILES string of the molecule is CCOC(=O)C(Cc1cncc(Br)c1)C(=O)OCC. The Morgan fingerprint density at radius 1 is 1.21 bits per heavy atom. The van der Waals surface area contributed by atoms with Crippen molar-refractivity contribution in [2.75, 3.05) is 13.2 Å². The molecule has 0 fully saturated rings. The summed E-state index contributed by atoms with van der Waals surface area (Å²) in [6, 6.07) is 1.80. The number of ether oxygens (including phenoxy) is 2. The predicted molar refractivity (Wildman–Crippen MR) is 72.4 cm³/mol. The number of esters is 2. The van der Waals surface area contributed by atoms with Crippen LogP contribution in [-0.2, 0) is 25.5 Å². The third-order valence-corrected chi connectivity index (χ3v) is 2.78. The molecule has 0 aromatic carbocycles. The number of halogens is 1. The summed E-state index contributed by atoms with van der Waals surface area (Å²) in [6.45, 7) is 3.85. The first-order valence-electron chi connectivity index (χ1n) is 6.01. The second kappa shape index (κ2) is 7.89. The van der Waals surface area contributed by atoms with E-state index in [4.69, 9.17) is 9.47 Å². The molecule has 0 saturated carbocycles. The lowest BCUT2D eigenvalue weighted by Gasteiger charge is -2.14. The maximum atomic E-state index is 11.8. The van der Waals surface area contributed by atoms with E-state index < -0.39 is 17.9 Å². The van der Waals surface area contributed by atoms with Crippen molar-refractivity contribution >= 4 is 27.9 Å². The second-order valence-electron chi connectivity index (χ2n) is 3.77. The van der Waals surface area contributed by atoms with E-state index in [1.807, 2.05) is 0 Å². The number of aromatic nitrogens is 1. The van der Waals surface area contributed by atoms with Crippen molar-refractivity contribution in [1.82, 2.24) is 4.98 Å². The fraction of sp³-hybridized carbons (Fsp3) is 0.462. The number of carbonyl (C=O) groups is 2. The molecule has 0 aliphatic rings. The average molecular weight is 330 g/mol. The van der Waals surface area contributed by atoms with Gasteiger partial charge in [-0.05, 0) is 47.8 Å². The third kappa shape index (κ3) is 4.98. The Labute approximate surface area is 120 Å². The van der Waals surface area contributed by atoms with Crippen LogP contribution < -0.4 is 0 Å². The molecule has 0 bridgehead atoms. The van der Waals surface area contributed by atoms with E-state index in [1.54, 1.807) is 32.3 Å². The molecule has 0 saturated heterocycles. The van der Waals surface area contributed by atoms with E-state index >= 15 is 0 Å². The summed E-state index contributed by atoms with van der Waals surface area (Å²) >= 11 is 3.29. The number of hydrogen-bond acceptors (Lipinski definition) is 5. The van der Waals surface area contributed by atoms with Gasteiger partial charge in [0.1, 0.15) is 0 Å². The molecule has 1 rings (SSSR count). The predicted octanol–water partition coefficient (Wildman–Crippen LogP) is 2.13. The highest BCUT2D eigenvalue weighted by atomic mass is 79.9. The molecule has 1 aromatic rings. The molecule has 19 heavy (non-hydrogen) atoms. The van der Waals surface area contributed by atoms with Crippen molar-refractivity contribution in [1.29, 1.82) is 0 Å². The fourth-order valence-electron chi connectivity index (χ4n) is 1.55. The Morgan fingerprint density at radius 2 is 1.79 bits per heavy atom. The van der Waals surface area contributed by atoms with Crippen molar-refractivity contribution in [2.45, 2.75) is 20.3 Å². The summed E-state index contributed by atoms with van der Waals surface area (Å²) in [4.78, 5) is 27.6. The molecule has 6 heteroatoms. The highest BCUT2D eigenvalue weighted by molar-refractivity contribution is 9.10. The second-order valence-corrected chi connectivity index (χ2v) is 4.69. The summed E-state index contributed by atoms with van der Waals surface area (Å²) in [5.74, 6) is -2.09. The molecule has 1 aromatic heterocycles. The maximum absolute atomic E-state index is 11.8. The van der Waals surface area contributed by atoms with Gasteiger partial charge in [0.2, 0.25) is 0 Å². The quantitative estimate of drug-likeness (QED) is 0.590. The van der Waals surface area contributed by atoms with Gasteiger partial charge in [0.05, 0.1) is 13.2 Å². The van der Waals surface area contributed by atoms with Crippen LogP contribution in [0.1, 0.15) is 19.4 Å². The minimum Gasteiger partial charge on any atom is -0.465 e. The van der Waals surface area contributed by atoms with Gasteiger partial charge in [0, 0.05) is 16.9 Å². The molecule has 5 nitrogen and oxygen atoms in total. The van der Waals surface area contributed by atoms with Crippen LogP contribution in [0.4, 0.5) is 0 Å². The smallest absolute Gasteiger partial charge is 0.320 e. The monoisotopic (exact) mass is 329 g/mol. The van der Waals surface area contributed by atoms with Crippen molar-refractivity contribution < 1.29 is 19.1 Å². The lowest BCUT2D eigenvalue weighted by atomic mass is 10.0. The number of hydrogen-bond donors (Lipinski definition) is 0. The molecule has 1 heterocycles. The summed E-state index contributed by atoms with van der Waals surface area (Å²) in [5.41, 5.74) is 0.764. The van der Waals surface area contributed by atoms with E-state index in [9.17, 15) is 9.59 Å². The standard InChI is InChI=1S/C13H16BrNO4/c1-3-18-12(16)11(13(17)19-4-2)6-9-5-10(14)8-15-7-9/h5,7-8,11H,3-4,6H2,1-2H3. The van der Waals surface area contributed by atoms with Crippen LogP contribution in [-0.4, -0.2) is 30.1 Å². The first kappa shape index (κ1) is 15.6. The van der Waals surface area contributed by atoms with Crippen LogP contribution >= 0.6 is 15.9 Å². The topological polar surface area (TPSA) is 65.5 Å². The molecule has 0 N–H and O–H groups in total. The van der Waals surface area contributed by atoms with Crippen molar-refractivity contribution in [3.8, 4) is 0 Å². The molecule has 0 aliphatic heterocycles. The van der Waals surface area contributed by atoms with E-state index in [2.05, 4.69) is 20.9 Å². The van der Waals surface area contributed by atoms with Gasteiger partial charge in [-0.2, -0.15) is 0 Å². The van der Waals surface area contributed by atoms with Crippen molar-refractivity contribution in [3.05, 3.63) is 28.5 Å². The minimum atomic E-state index is -0.948. The van der Waals surface area contributed by atoms with Crippen LogP contribution in [0.25, 0.3) is 0 Å². The number of nitrogens with zero attached hydrogens (tertiary/aromatic N) is 1. The zero-order valence-corrected chi connectivity index (χ0v) is 12.5. The average Bonchev–Trinajstić information content (AvgIpc) is 2.36. The largest absolute Gasteiger partial charge is 0.465 e. The van der Waals surface area contributed by atoms with E-state index in [0.717, 1.165) is 10.0 Å². The maximum Gasteiger partial charge on any atom is 0.320 e. The van der Waals surface area contributed by atoms with Gasteiger partial charge in [-0.15, -0.1) is 0 Å². The Kier molecular flexibility index (Phi) is 6.49. The van der Waals surface area contributed by atoms with Gasteiger partial charge < -0.3 is 9.47 Å². The molecule has 104 valence electrons. The summed E-state index contributed by atoms with van der Waals surface area (Å²) in [5, 5.41) is 0. The first-order chi connectivity index (χ1) is 9.08. The lowest BCUT2D eigenvalue weighted by molar-refractivity contribution is -0.161. The normalized spacial score (nSPS) is 10.3. The van der Waals surface area contributed by atoms with E-state index in [1.165, 1.54) is 0 Å². The van der Waals surface area contributed by atoms with Crippen LogP contribution in [0.15, 0.2) is 22.9 Å². The number of rotatable bonds is 6. The van der Waals surface area contributed by atoms with Gasteiger partial charge in [-0.3, -0.25) is 14.6 Å². The number of pyridine rings is 1. The summed E-state index contributed by atoms with van der Waals surface area (Å²) < 4.78 is 10.6. The van der Waals surface area contributed by atoms with E-state index in [-0.39, 0.29) is 19.6 Å². The van der Waals surface area contributed by atoms with Crippen LogP contribution in [0.5, 0.6) is 0 Å². The van der Waals surface area contributed by atoms with Gasteiger partial charge in [-0.1, -0.05) is 0 Å².